The molecule has 3 aliphatic rings. The van der Waals surface area contributed by atoms with Gasteiger partial charge in [0.15, 0.2) is 0 Å². The lowest BCUT2D eigenvalue weighted by Crippen LogP contribution is -2.43. The van der Waals surface area contributed by atoms with Crippen molar-refractivity contribution in [2.75, 3.05) is 39.6 Å². The standard InChI is InChI=1S/C30H30FN7O4/c1-32-22-16-33-29(36-27(22)42-23-7-5-6-19-25(23)28(40)38(3)30(19)10-11-30)35-21-15-20(31)18(14-24(21)41-4)26(39)34-17-8-12-37(2)13-9-17/h5-7,14-17H,8-13H2,2-4H3,(H,34,39)(H,33,35,36). The monoisotopic (exact) mass is 571 g/mol. The van der Waals surface area contributed by atoms with Crippen molar-refractivity contribution in [3.8, 4) is 17.4 Å². The zero-order valence-electron chi connectivity index (χ0n) is 23.5. The number of anilines is 2. The van der Waals surface area contributed by atoms with Gasteiger partial charge in [0, 0.05) is 25.4 Å². The van der Waals surface area contributed by atoms with Gasteiger partial charge in [0.25, 0.3) is 17.5 Å². The van der Waals surface area contributed by atoms with Crippen LogP contribution in [0.5, 0.6) is 17.4 Å². The number of hydrogen-bond acceptors (Lipinski definition) is 8. The lowest BCUT2D eigenvalue weighted by atomic mass is 10.0. The quantitative estimate of drug-likeness (QED) is 0.396. The summed E-state index contributed by atoms with van der Waals surface area (Å²) < 4.78 is 26.7. The van der Waals surface area contributed by atoms with E-state index in [1.807, 2.05) is 19.2 Å². The molecule has 2 N–H and O–H groups in total. The Morgan fingerprint density at radius 3 is 2.64 bits per heavy atom. The highest BCUT2D eigenvalue weighted by molar-refractivity contribution is 6.03. The normalized spacial score (nSPS) is 17.5. The van der Waals surface area contributed by atoms with Crippen molar-refractivity contribution in [3.05, 3.63) is 70.5 Å². The summed E-state index contributed by atoms with van der Waals surface area (Å²) in [6.07, 6.45) is 4.64. The van der Waals surface area contributed by atoms with Crippen molar-refractivity contribution in [2.45, 2.75) is 37.3 Å². The number of carbonyl (C=O) groups excluding carboxylic acids is 2. The topological polar surface area (TPSA) is 113 Å². The number of piperidine rings is 1. The van der Waals surface area contributed by atoms with Crippen LogP contribution in [-0.2, 0) is 5.54 Å². The molecule has 42 heavy (non-hydrogen) atoms. The van der Waals surface area contributed by atoms with Crippen LogP contribution in [0.15, 0.2) is 36.5 Å². The molecule has 2 fully saturated rings. The number of rotatable bonds is 7. The van der Waals surface area contributed by atoms with E-state index in [-0.39, 0.29) is 52.0 Å². The van der Waals surface area contributed by atoms with Gasteiger partial charge in [0.1, 0.15) is 17.3 Å². The molecule has 3 heterocycles. The summed E-state index contributed by atoms with van der Waals surface area (Å²) in [7, 11) is 5.22. The predicted molar refractivity (Wildman–Crippen MR) is 152 cm³/mol. The maximum atomic E-state index is 15.2. The highest BCUT2D eigenvalue weighted by atomic mass is 19.1. The molecule has 1 saturated carbocycles. The van der Waals surface area contributed by atoms with Crippen LogP contribution < -0.4 is 20.1 Å². The highest BCUT2D eigenvalue weighted by Gasteiger charge is 2.57. The van der Waals surface area contributed by atoms with E-state index in [4.69, 9.17) is 16.0 Å². The van der Waals surface area contributed by atoms with Crippen molar-refractivity contribution in [3.63, 3.8) is 0 Å². The number of ether oxygens (including phenoxy) is 2. The highest BCUT2D eigenvalue weighted by Crippen LogP contribution is 2.57. The van der Waals surface area contributed by atoms with Gasteiger partial charge in [-0.3, -0.25) is 9.59 Å². The molecule has 0 bridgehead atoms. The van der Waals surface area contributed by atoms with Crippen LogP contribution in [-0.4, -0.2) is 71.9 Å². The Balaban J connectivity index is 1.25. The summed E-state index contributed by atoms with van der Waals surface area (Å²) in [4.78, 5) is 41.9. The number of halogens is 1. The van der Waals surface area contributed by atoms with E-state index in [1.54, 1.807) is 18.0 Å². The smallest absolute Gasteiger partial charge is 0.265 e. The third kappa shape index (κ3) is 4.75. The van der Waals surface area contributed by atoms with Gasteiger partial charge in [-0.25, -0.2) is 14.2 Å². The minimum Gasteiger partial charge on any atom is -0.495 e. The second-order valence-electron chi connectivity index (χ2n) is 10.9. The lowest BCUT2D eigenvalue weighted by Gasteiger charge is -2.29. The summed E-state index contributed by atoms with van der Waals surface area (Å²) in [5, 5.41) is 5.82. The Morgan fingerprint density at radius 1 is 1.19 bits per heavy atom. The molecule has 2 aromatic carbocycles. The molecule has 3 aromatic rings. The number of nitrogens with one attached hydrogen (secondary N) is 2. The van der Waals surface area contributed by atoms with Gasteiger partial charge in [-0.15, -0.1) is 0 Å². The number of fused-ring (bicyclic) bond motifs is 2. The van der Waals surface area contributed by atoms with Crippen LogP contribution >= 0.6 is 0 Å². The first-order chi connectivity index (χ1) is 20.2. The van der Waals surface area contributed by atoms with E-state index in [0.717, 1.165) is 50.4 Å². The molecule has 2 aliphatic heterocycles. The Hall–Kier alpha value is -4.76. The zero-order chi connectivity index (χ0) is 29.6. The van der Waals surface area contributed by atoms with Gasteiger partial charge in [0.05, 0.1) is 36.0 Å². The molecular weight excluding hydrogens is 541 g/mol. The Bertz CT molecular complexity index is 1630. The predicted octanol–water partition coefficient (Wildman–Crippen LogP) is 4.61. The van der Waals surface area contributed by atoms with Crippen LogP contribution in [0.4, 0.5) is 21.7 Å². The third-order valence-corrected chi connectivity index (χ3v) is 8.31. The van der Waals surface area contributed by atoms with E-state index in [1.165, 1.54) is 19.4 Å². The first-order valence-electron chi connectivity index (χ1n) is 13.7. The molecule has 1 aliphatic carbocycles. The van der Waals surface area contributed by atoms with Crippen molar-refractivity contribution >= 4 is 29.1 Å². The molecule has 0 radical (unpaired) electrons. The minimum absolute atomic E-state index is 0.00770. The fourth-order valence-corrected chi connectivity index (χ4v) is 5.70. The summed E-state index contributed by atoms with van der Waals surface area (Å²) in [5.41, 5.74) is 1.16. The number of carbonyl (C=O) groups is 2. The molecular formula is C30H30FN7O4. The largest absolute Gasteiger partial charge is 0.495 e. The first kappa shape index (κ1) is 27.4. The summed E-state index contributed by atoms with van der Waals surface area (Å²) in [6, 6.07) is 7.86. The average Bonchev–Trinajstić information content (AvgIpc) is 3.76. The maximum absolute atomic E-state index is 15.2. The number of nitrogens with zero attached hydrogens (tertiary/aromatic N) is 5. The van der Waals surface area contributed by atoms with Crippen LogP contribution in [0.2, 0.25) is 0 Å². The maximum Gasteiger partial charge on any atom is 0.265 e. The van der Waals surface area contributed by atoms with Crippen LogP contribution in [0.25, 0.3) is 4.85 Å². The first-order valence-corrected chi connectivity index (χ1v) is 13.7. The van der Waals surface area contributed by atoms with E-state index in [9.17, 15) is 9.59 Å². The second kappa shape index (κ2) is 10.6. The summed E-state index contributed by atoms with van der Waals surface area (Å²) >= 11 is 0. The van der Waals surface area contributed by atoms with E-state index in [0.29, 0.717) is 11.3 Å². The van der Waals surface area contributed by atoms with Gasteiger partial charge in [-0.2, -0.15) is 4.98 Å². The number of likely N-dealkylation sites (tertiary alicyclic amines) is 1. The van der Waals surface area contributed by atoms with Crippen LogP contribution in [0.1, 0.15) is 52.0 Å². The summed E-state index contributed by atoms with van der Waals surface area (Å²) in [5.74, 6) is -0.945. The van der Waals surface area contributed by atoms with Crippen molar-refractivity contribution in [1.82, 2.24) is 25.1 Å². The molecule has 0 atom stereocenters. The van der Waals surface area contributed by atoms with Gasteiger partial charge in [0.2, 0.25) is 11.8 Å². The number of methoxy groups -OCH3 is 1. The molecule has 12 heteroatoms. The molecule has 1 spiro atoms. The van der Waals surface area contributed by atoms with E-state index in [2.05, 4.69) is 30.3 Å². The molecule has 1 saturated heterocycles. The third-order valence-electron chi connectivity index (χ3n) is 8.31. The van der Waals surface area contributed by atoms with Crippen molar-refractivity contribution in [2.24, 2.45) is 0 Å². The minimum atomic E-state index is -0.741. The van der Waals surface area contributed by atoms with Gasteiger partial charge >= 0.3 is 0 Å². The Kier molecular flexibility index (Phi) is 6.90. The van der Waals surface area contributed by atoms with E-state index >= 15 is 4.39 Å². The number of hydrogen-bond donors (Lipinski definition) is 2. The average molecular weight is 572 g/mol. The van der Waals surface area contributed by atoms with Gasteiger partial charge in [-0.05, 0) is 63.5 Å². The van der Waals surface area contributed by atoms with Crippen LogP contribution in [0, 0.1) is 12.4 Å². The molecule has 216 valence electrons. The SMILES string of the molecule is [C-]#[N+]c1cnc(Nc2cc(F)c(C(=O)NC3CCN(C)CC3)cc2OC)nc1Oc1cccc2c1C(=O)N(C)C21CC1. The number of amides is 2. The number of benzene rings is 2. The Morgan fingerprint density at radius 2 is 1.95 bits per heavy atom. The van der Waals surface area contributed by atoms with Crippen molar-refractivity contribution in [1.29, 1.82) is 0 Å². The van der Waals surface area contributed by atoms with Gasteiger partial charge < -0.3 is 29.9 Å². The zero-order valence-corrected chi connectivity index (χ0v) is 23.5. The Labute approximate surface area is 242 Å². The molecule has 11 nitrogen and oxygen atoms in total. The molecule has 6 rings (SSSR count). The molecule has 0 unspecified atom stereocenters. The fraction of sp³-hybridized carbons (Fsp3) is 0.367. The molecule has 1 aromatic heterocycles. The van der Waals surface area contributed by atoms with Crippen molar-refractivity contribution < 1.29 is 23.5 Å². The van der Waals surface area contributed by atoms with Gasteiger partial charge in [-0.1, -0.05) is 12.1 Å². The van der Waals surface area contributed by atoms with Crippen LogP contribution in [0.3, 0.4) is 0 Å². The fourth-order valence-electron chi connectivity index (χ4n) is 5.70. The summed E-state index contributed by atoms with van der Waals surface area (Å²) in [6.45, 7) is 9.28. The number of aromatic nitrogens is 2. The lowest BCUT2D eigenvalue weighted by molar-refractivity contribution is 0.0753. The van der Waals surface area contributed by atoms with E-state index < -0.39 is 11.7 Å². The molecule has 2 amide bonds. The second-order valence-corrected chi connectivity index (χ2v) is 10.9.